The molecule has 2 heterocycles. The van der Waals surface area contributed by atoms with Crippen LogP contribution in [-0.2, 0) is 9.53 Å². The third kappa shape index (κ3) is 6.09. The Morgan fingerprint density at radius 2 is 1.97 bits per heavy atom. The average molecular weight is 562 g/mol. The number of halogens is 2. The Morgan fingerprint density at radius 1 is 1.20 bits per heavy atom. The van der Waals surface area contributed by atoms with Gasteiger partial charge in [-0.25, -0.2) is 0 Å². The van der Waals surface area contributed by atoms with Gasteiger partial charge in [0.2, 0.25) is 17.6 Å². The number of nitrogens with zero attached hydrogens (tertiary/aromatic N) is 4. The molecule has 0 aliphatic carbocycles. The molecule has 1 aliphatic rings. The highest BCUT2D eigenvalue weighted by atomic mass is 79.9. The van der Waals surface area contributed by atoms with E-state index in [4.69, 9.17) is 20.9 Å². The zero-order valence-electron chi connectivity index (χ0n) is 19.3. The van der Waals surface area contributed by atoms with Gasteiger partial charge in [0, 0.05) is 35.3 Å². The molecule has 1 unspecified atom stereocenters. The van der Waals surface area contributed by atoms with E-state index < -0.39 is 0 Å². The molecule has 1 aliphatic heterocycles. The maximum atomic E-state index is 13.5. The fraction of sp³-hybridized carbons (Fsp3) is 0.360. The lowest BCUT2D eigenvalue weighted by Gasteiger charge is -2.35. The van der Waals surface area contributed by atoms with Gasteiger partial charge >= 0.3 is 0 Å². The van der Waals surface area contributed by atoms with E-state index in [2.05, 4.69) is 26.1 Å². The minimum absolute atomic E-state index is 0.0712. The number of aromatic nitrogens is 2. The molecule has 4 rings (SSSR count). The van der Waals surface area contributed by atoms with Gasteiger partial charge in [-0.2, -0.15) is 4.98 Å². The van der Waals surface area contributed by atoms with E-state index in [9.17, 15) is 9.59 Å². The van der Waals surface area contributed by atoms with Gasteiger partial charge < -0.3 is 19.1 Å². The van der Waals surface area contributed by atoms with E-state index >= 15 is 0 Å². The summed E-state index contributed by atoms with van der Waals surface area (Å²) in [6, 6.07) is 14.0. The predicted octanol–water partition coefficient (Wildman–Crippen LogP) is 4.99. The highest BCUT2D eigenvalue weighted by molar-refractivity contribution is 9.10. The Labute approximate surface area is 217 Å². The van der Waals surface area contributed by atoms with Crippen molar-refractivity contribution in [2.24, 2.45) is 0 Å². The molecule has 8 nitrogen and oxygen atoms in total. The number of carbonyl (C=O) groups is 2. The van der Waals surface area contributed by atoms with Crippen molar-refractivity contribution in [1.29, 1.82) is 0 Å². The fourth-order valence-electron chi connectivity index (χ4n) is 4.09. The van der Waals surface area contributed by atoms with Gasteiger partial charge in [-0.15, -0.1) is 0 Å². The lowest BCUT2D eigenvalue weighted by atomic mass is 10.0. The molecule has 2 amide bonds. The van der Waals surface area contributed by atoms with Gasteiger partial charge in [-0.05, 0) is 71.6 Å². The molecule has 3 aromatic rings. The molecule has 0 bridgehead atoms. The minimum Gasteiger partial charge on any atom is -0.383 e. The largest absolute Gasteiger partial charge is 0.383 e. The number of likely N-dealkylation sites (tertiary alicyclic amines) is 1. The topological polar surface area (TPSA) is 88.8 Å². The average Bonchev–Trinajstić information content (AvgIpc) is 3.37. The van der Waals surface area contributed by atoms with Crippen LogP contribution in [0.1, 0.15) is 41.6 Å². The number of hydrogen-bond donors (Lipinski definition) is 0. The highest BCUT2D eigenvalue weighted by Gasteiger charge is 2.34. The summed E-state index contributed by atoms with van der Waals surface area (Å²) in [5.41, 5.74) is 1.28. The van der Waals surface area contributed by atoms with Crippen molar-refractivity contribution in [2.45, 2.75) is 25.3 Å². The smallest absolute Gasteiger partial charge is 0.255 e. The fourth-order valence-corrected chi connectivity index (χ4v) is 4.67. The van der Waals surface area contributed by atoms with Gasteiger partial charge in [0.15, 0.2) is 0 Å². The Kier molecular flexibility index (Phi) is 8.54. The van der Waals surface area contributed by atoms with Crippen LogP contribution >= 0.6 is 27.5 Å². The lowest BCUT2D eigenvalue weighted by molar-refractivity contribution is -0.136. The summed E-state index contributed by atoms with van der Waals surface area (Å²) in [5, 5.41) is 4.73. The first kappa shape index (κ1) is 25.3. The first-order valence-corrected chi connectivity index (χ1v) is 12.6. The zero-order chi connectivity index (χ0) is 24.8. The first-order chi connectivity index (χ1) is 17.0. The van der Waals surface area contributed by atoms with E-state index in [1.54, 1.807) is 42.3 Å². The van der Waals surface area contributed by atoms with E-state index in [0.717, 1.165) is 18.4 Å². The lowest BCUT2D eigenvalue weighted by Crippen LogP contribution is -2.47. The normalized spacial score (nSPS) is 15.7. The molecule has 0 saturated carbocycles. The summed E-state index contributed by atoms with van der Waals surface area (Å²) >= 11 is 9.41. The van der Waals surface area contributed by atoms with Crippen LogP contribution in [-0.4, -0.2) is 65.1 Å². The predicted molar refractivity (Wildman–Crippen MR) is 135 cm³/mol. The van der Waals surface area contributed by atoms with Crippen molar-refractivity contribution in [2.75, 3.05) is 33.4 Å². The standard InChI is InChI=1S/C25H26BrClN4O4/c1-34-15-14-30(25(33)19-6-2-3-7-20(19)26)16-22(32)31-13-5-4-8-21(31)24-28-23(29-35-24)17-9-11-18(27)12-10-17/h2-3,6-7,9-12,21H,4-5,8,13-16H2,1H3. The molecule has 1 atom stereocenters. The number of amides is 2. The Balaban J connectivity index is 1.52. The van der Waals surface area contributed by atoms with Crippen LogP contribution in [0.4, 0.5) is 0 Å². The maximum absolute atomic E-state index is 13.5. The number of benzene rings is 2. The van der Waals surface area contributed by atoms with Gasteiger partial charge in [-0.3, -0.25) is 9.59 Å². The number of carbonyl (C=O) groups excluding carboxylic acids is 2. The molecule has 10 heteroatoms. The second kappa shape index (κ2) is 11.8. The van der Waals surface area contributed by atoms with Crippen LogP contribution in [0.2, 0.25) is 5.02 Å². The van der Waals surface area contributed by atoms with Crippen LogP contribution in [0.25, 0.3) is 11.4 Å². The second-order valence-corrected chi connectivity index (χ2v) is 9.55. The second-order valence-electron chi connectivity index (χ2n) is 8.26. The highest BCUT2D eigenvalue weighted by Crippen LogP contribution is 2.31. The number of rotatable bonds is 8. The first-order valence-electron chi connectivity index (χ1n) is 11.4. The van der Waals surface area contributed by atoms with Crippen LogP contribution in [0, 0.1) is 0 Å². The summed E-state index contributed by atoms with van der Waals surface area (Å²) in [5.74, 6) is 0.431. The van der Waals surface area contributed by atoms with Gasteiger partial charge in [0.25, 0.3) is 5.91 Å². The molecule has 1 fully saturated rings. The summed E-state index contributed by atoms with van der Waals surface area (Å²) in [7, 11) is 1.57. The summed E-state index contributed by atoms with van der Waals surface area (Å²) in [4.78, 5) is 34.5. The van der Waals surface area contributed by atoms with Gasteiger partial charge in [0.1, 0.15) is 12.6 Å². The maximum Gasteiger partial charge on any atom is 0.255 e. The number of methoxy groups -OCH3 is 1. The molecule has 0 radical (unpaired) electrons. The number of ether oxygens (including phenoxy) is 1. The molecular formula is C25H26BrClN4O4. The Hall–Kier alpha value is -2.75. The number of piperidine rings is 1. The van der Waals surface area contributed by atoms with Crippen LogP contribution in [0.15, 0.2) is 57.5 Å². The van der Waals surface area contributed by atoms with E-state index in [-0.39, 0.29) is 24.4 Å². The third-order valence-corrected chi connectivity index (χ3v) is 6.88. The molecule has 2 aromatic carbocycles. The van der Waals surface area contributed by atoms with Gasteiger partial charge in [-0.1, -0.05) is 28.9 Å². The van der Waals surface area contributed by atoms with Crippen LogP contribution in [0.3, 0.4) is 0 Å². The molecule has 1 saturated heterocycles. The molecule has 184 valence electrons. The van der Waals surface area contributed by atoms with Crippen molar-refractivity contribution in [3.8, 4) is 11.4 Å². The van der Waals surface area contributed by atoms with Crippen molar-refractivity contribution in [3.63, 3.8) is 0 Å². The zero-order valence-corrected chi connectivity index (χ0v) is 21.7. The molecule has 1 aromatic heterocycles. The van der Waals surface area contributed by atoms with E-state index in [1.165, 1.54) is 4.90 Å². The Bertz CT molecular complexity index is 1170. The quantitative estimate of drug-likeness (QED) is 0.385. The summed E-state index contributed by atoms with van der Waals surface area (Å²) in [6.45, 7) is 1.10. The van der Waals surface area contributed by atoms with Crippen molar-refractivity contribution >= 4 is 39.3 Å². The molecule has 35 heavy (non-hydrogen) atoms. The van der Waals surface area contributed by atoms with Gasteiger partial charge in [0.05, 0.1) is 12.2 Å². The molecule has 0 N–H and O–H groups in total. The van der Waals surface area contributed by atoms with Crippen LogP contribution in [0.5, 0.6) is 0 Å². The SMILES string of the molecule is COCCN(CC(=O)N1CCCCC1c1nc(-c2ccc(Cl)cc2)no1)C(=O)c1ccccc1Br. The minimum atomic E-state index is -0.340. The summed E-state index contributed by atoms with van der Waals surface area (Å²) in [6.07, 6.45) is 2.53. The Morgan fingerprint density at radius 3 is 2.71 bits per heavy atom. The molecular weight excluding hydrogens is 536 g/mol. The van der Waals surface area contributed by atoms with E-state index in [0.29, 0.717) is 52.9 Å². The van der Waals surface area contributed by atoms with Crippen LogP contribution < -0.4 is 0 Å². The third-order valence-electron chi connectivity index (χ3n) is 5.94. The van der Waals surface area contributed by atoms with Crippen molar-refractivity contribution in [1.82, 2.24) is 19.9 Å². The van der Waals surface area contributed by atoms with Crippen molar-refractivity contribution in [3.05, 3.63) is 69.5 Å². The monoisotopic (exact) mass is 560 g/mol. The van der Waals surface area contributed by atoms with E-state index in [1.807, 2.05) is 18.2 Å². The number of hydrogen-bond acceptors (Lipinski definition) is 6. The molecule has 0 spiro atoms. The van der Waals surface area contributed by atoms with Crippen molar-refractivity contribution < 1.29 is 18.8 Å². The summed E-state index contributed by atoms with van der Waals surface area (Å²) < 4.78 is 11.4.